The topological polar surface area (TPSA) is 9.23 Å². The van der Waals surface area contributed by atoms with Crippen molar-refractivity contribution in [3.8, 4) is 5.75 Å². The molecule has 0 aliphatic rings. The number of hydrogen-bond acceptors (Lipinski definition) is 2. The maximum atomic E-state index is 5.71. The third-order valence-corrected chi connectivity index (χ3v) is 2.20. The quantitative estimate of drug-likeness (QED) is 0.694. The molecule has 0 aliphatic heterocycles. The van der Waals surface area contributed by atoms with Crippen molar-refractivity contribution in [2.24, 2.45) is 0 Å². The van der Waals surface area contributed by atoms with E-state index in [-0.39, 0.29) is 0 Å². The molecule has 66 valence electrons. The van der Waals surface area contributed by atoms with E-state index in [1.165, 1.54) is 0 Å². The van der Waals surface area contributed by atoms with Gasteiger partial charge in [0.05, 0.1) is 6.61 Å². The van der Waals surface area contributed by atoms with Gasteiger partial charge in [-0.2, -0.15) is 11.8 Å². The first-order valence-corrected chi connectivity index (χ1v) is 5.47. The SMILES string of the molecule is CSCCOc1ccc(Cl)cc1. The molecule has 0 aliphatic carbocycles. The van der Waals surface area contributed by atoms with Crippen LogP contribution < -0.4 is 4.74 Å². The smallest absolute Gasteiger partial charge is 0.119 e. The fourth-order valence-electron chi connectivity index (χ4n) is 0.774. The van der Waals surface area contributed by atoms with Crippen LogP contribution in [-0.4, -0.2) is 18.6 Å². The van der Waals surface area contributed by atoms with Gasteiger partial charge in [0.1, 0.15) is 5.75 Å². The second kappa shape index (κ2) is 5.33. The lowest BCUT2D eigenvalue weighted by Crippen LogP contribution is -1.98. The molecule has 1 aromatic carbocycles. The molecule has 3 heteroatoms. The lowest BCUT2D eigenvalue weighted by atomic mass is 10.3. The van der Waals surface area contributed by atoms with E-state index in [9.17, 15) is 0 Å². The minimum absolute atomic E-state index is 0.743. The molecular formula is C9H11ClOS. The third kappa shape index (κ3) is 3.37. The summed E-state index contributed by atoms with van der Waals surface area (Å²) in [5, 5.41) is 0.743. The average Bonchev–Trinajstić information content (AvgIpc) is 2.09. The van der Waals surface area contributed by atoms with E-state index in [1.54, 1.807) is 11.8 Å². The molecule has 0 unspecified atom stereocenters. The van der Waals surface area contributed by atoms with E-state index in [4.69, 9.17) is 16.3 Å². The zero-order valence-corrected chi connectivity index (χ0v) is 8.49. The van der Waals surface area contributed by atoms with Crippen LogP contribution in [0.5, 0.6) is 5.75 Å². The van der Waals surface area contributed by atoms with Crippen molar-refractivity contribution in [1.29, 1.82) is 0 Å². The normalized spacial score (nSPS) is 9.83. The maximum Gasteiger partial charge on any atom is 0.119 e. The predicted octanol–water partition coefficient (Wildman–Crippen LogP) is 3.08. The van der Waals surface area contributed by atoms with Crippen LogP contribution in [0.2, 0.25) is 5.02 Å². The number of rotatable bonds is 4. The largest absolute Gasteiger partial charge is 0.493 e. The summed E-state index contributed by atoms with van der Waals surface area (Å²) in [7, 11) is 0. The van der Waals surface area contributed by atoms with Crippen molar-refractivity contribution in [2.75, 3.05) is 18.6 Å². The van der Waals surface area contributed by atoms with E-state index < -0.39 is 0 Å². The Labute approximate surface area is 82.1 Å². The molecule has 1 aromatic rings. The van der Waals surface area contributed by atoms with E-state index in [0.29, 0.717) is 0 Å². The lowest BCUT2D eigenvalue weighted by Gasteiger charge is -2.03. The van der Waals surface area contributed by atoms with Gasteiger partial charge in [-0.15, -0.1) is 0 Å². The summed E-state index contributed by atoms with van der Waals surface area (Å²) in [5.41, 5.74) is 0. The highest BCUT2D eigenvalue weighted by atomic mass is 35.5. The van der Waals surface area contributed by atoms with Gasteiger partial charge in [0.2, 0.25) is 0 Å². The van der Waals surface area contributed by atoms with Crippen LogP contribution in [0.15, 0.2) is 24.3 Å². The lowest BCUT2D eigenvalue weighted by molar-refractivity contribution is 0.344. The van der Waals surface area contributed by atoms with Crippen LogP contribution in [-0.2, 0) is 0 Å². The Morgan fingerprint density at radius 2 is 2.00 bits per heavy atom. The standard InChI is InChI=1S/C9H11ClOS/c1-12-7-6-11-9-4-2-8(10)3-5-9/h2-5H,6-7H2,1H3. The van der Waals surface area contributed by atoms with Crippen molar-refractivity contribution in [3.05, 3.63) is 29.3 Å². The molecular weight excluding hydrogens is 192 g/mol. The second-order valence-corrected chi connectivity index (χ2v) is 3.72. The van der Waals surface area contributed by atoms with Crippen LogP contribution in [0, 0.1) is 0 Å². The fraction of sp³-hybridized carbons (Fsp3) is 0.333. The molecule has 0 atom stereocenters. The number of thioether (sulfide) groups is 1. The molecule has 0 N–H and O–H groups in total. The molecule has 0 saturated carbocycles. The van der Waals surface area contributed by atoms with Crippen LogP contribution in [0.3, 0.4) is 0 Å². The van der Waals surface area contributed by atoms with E-state index in [2.05, 4.69) is 6.26 Å². The Hall–Kier alpha value is -0.340. The van der Waals surface area contributed by atoms with Gasteiger partial charge in [-0.05, 0) is 30.5 Å². The van der Waals surface area contributed by atoms with Crippen LogP contribution >= 0.6 is 23.4 Å². The molecule has 0 aromatic heterocycles. The van der Waals surface area contributed by atoms with Crippen LogP contribution in [0.1, 0.15) is 0 Å². The van der Waals surface area contributed by atoms with Crippen molar-refractivity contribution < 1.29 is 4.74 Å². The molecule has 0 heterocycles. The molecule has 0 spiro atoms. The van der Waals surface area contributed by atoms with Crippen molar-refractivity contribution in [3.63, 3.8) is 0 Å². The van der Waals surface area contributed by atoms with Crippen molar-refractivity contribution in [2.45, 2.75) is 0 Å². The highest BCUT2D eigenvalue weighted by Gasteiger charge is 1.92. The van der Waals surface area contributed by atoms with Gasteiger partial charge in [0.25, 0.3) is 0 Å². The van der Waals surface area contributed by atoms with Gasteiger partial charge < -0.3 is 4.74 Å². The summed E-state index contributed by atoms with van der Waals surface area (Å²) < 4.78 is 5.42. The van der Waals surface area contributed by atoms with Gasteiger partial charge in [-0.3, -0.25) is 0 Å². The zero-order chi connectivity index (χ0) is 8.81. The molecule has 0 bridgehead atoms. The number of halogens is 1. The molecule has 0 saturated heterocycles. The molecule has 0 amide bonds. The Kier molecular flexibility index (Phi) is 4.33. The first kappa shape index (κ1) is 9.75. The van der Waals surface area contributed by atoms with Gasteiger partial charge in [0.15, 0.2) is 0 Å². The van der Waals surface area contributed by atoms with Gasteiger partial charge in [-0.25, -0.2) is 0 Å². The Balaban J connectivity index is 2.37. The number of benzene rings is 1. The summed E-state index contributed by atoms with van der Waals surface area (Å²) in [6.07, 6.45) is 2.06. The molecule has 1 nitrogen and oxygen atoms in total. The Morgan fingerprint density at radius 1 is 1.33 bits per heavy atom. The fourth-order valence-corrected chi connectivity index (χ4v) is 1.15. The average molecular weight is 203 g/mol. The predicted molar refractivity (Wildman–Crippen MR) is 55.3 cm³/mol. The van der Waals surface area contributed by atoms with E-state index in [0.717, 1.165) is 23.1 Å². The molecule has 12 heavy (non-hydrogen) atoms. The van der Waals surface area contributed by atoms with Crippen LogP contribution in [0.25, 0.3) is 0 Å². The van der Waals surface area contributed by atoms with Crippen LogP contribution in [0.4, 0.5) is 0 Å². The first-order valence-electron chi connectivity index (χ1n) is 3.70. The molecule has 1 rings (SSSR count). The van der Waals surface area contributed by atoms with E-state index >= 15 is 0 Å². The Morgan fingerprint density at radius 3 is 2.58 bits per heavy atom. The minimum atomic E-state index is 0.743. The summed E-state index contributed by atoms with van der Waals surface area (Å²) in [6.45, 7) is 0.753. The third-order valence-electron chi connectivity index (χ3n) is 1.37. The van der Waals surface area contributed by atoms with Gasteiger partial charge in [0, 0.05) is 10.8 Å². The molecule has 0 radical (unpaired) electrons. The van der Waals surface area contributed by atoms with E-state index in [1.807, 2.05) is 24.3 Å². The van der Waals surface area contributed by atoms with Crippen molar-refractivity contribution in [1.82, 2.24) is 0 Å². The minimum Gasteiger partial charge on any atom is -0.493 e. The zero-order valence-electron chi connectivity index (χ0n) is 6.92. The summed E-state index contributed by atoms with van der Waals surface area (Å²) >= 11 is 7.49. The first-order chi connectivity index (χ1) is 5.83. The van der Waals surface area contributed by atoms with Gasteiger partial charge >= 0.3 is 0 Å². The Bertz CT molecular complexity index is 222. The molecule has 0 fully saturated rings. The second-order valence-electron chi connectivity index (χ2n) is 2.30. The monoisotopic (exact) mass is 202 g/mol. The highest BCUT2D eigenvalue weighted by Crippen LogP contribution is 2.15. The summed E-state index contributed by atoms with van der Waals surface area (Å²) in [5.74, 6) is 1.90. The van der Waals surface area contributed by atoms with Crippen molar-refractivity contribution >= 4 is 23.4 Å². The number of hydrogen-bond donors (Lipinski definition) is 0. The summed E-state index contributed by atoms with van der Waals surface area (Å²) in [6, 6.07) is 7.41. The number of ether oxygens (including phenoxy) is 1. The highest BCUT2D eigenvalue weighted by molar-refractivity contribution is 7.98. The van der Waals surface area contributed by atoms with Gasteiger partial charge in [-0.1, -0.05) is 11.6 Å². The maximum absolute atomic E-state index is 5.71. The summed E-state index contributed by atoms with van der Waals surface area (Å²) in [4.78, 5) is 0.